The van der Waals surface area contributed by atoms with Gasteiger partial charge in [-0.05, 0) is 44.0 Å². The first-order valence-electron chi connectivity index (χ1n) is 9.62. The molecule has 1 fully saturated rings. The number of hydrogen-bond donors (Lipinski definition) is 2. The molecule has 3 rings (SSSR count). The van der Waals surface area contributed by atoms with Crippen LogP contribution in [0.4, 0.5) is 10.5 Å². The Labute approximate surface area is 171 Å². The number of piperidine rings is 1. The highest BCUT2D eigenvalue weighted by molar-refractivity contribution is 6.30. The zero-order valence-corrected chi connectivity index (χ0v) is 17.0. The number of anilines is 1. The lowest BCUT2D eigenvalue weighted by Gasteiger charge is -2.37. The van der Waals surface area contributed by atoms with Crippen LogP contribution in [0.1, 0.15) is 30.4 Å². The SMILES string of the molecule is CCNC(=O)N1CC(C(=O)Nc2cccc(Cl)c2)CC(c2cccc(C)c2)C1. The molecular formula is C22H26ClN3O2. The number of amides is 3. The first-order valence-corrected chi connectivity index (χ1v) is 9.99. The molecule has 3 amide bonds. The van der Waals surface area contributed by atoms with Crippen LogP contribution in [-0.4, -0.2) is 36.5 Å². The van der Waals surface area contributed by atoms with Crippen LogP contribution in [0.3, 0.4) is 0 Å². The fraction of sp³-hybridized carbons (Fsp3) is 0.364. The molecule has 2 aromatic carbocycles. The van der Waals surface area contributed by atoms with Gasteiger partial charge in [-0.15, -0.1) is 0 Å². The normalized spacial score (nSPS) is 19.2. The van der Waals surface area contributed by atoms with Crippen molar-refractivity contribution in [2.45, 2.75) is 26.2 Å². The molecule has 0 bridgehead atoms. The Hall–Kier alpha value is -2.53. The fourth-order valence-corrected chi connectivity index (χ4v) is 3.88. The van der Waals surface area contributed by atoms with Gasteiger partial charge in [-0.1, -0.05) is 47.5 Å². The second kappa shape index (κ2) is 9.11. The van der Waals surface area contributed by atoms with Crippen molar-refractivity contribution in [2.75, 3.05) is 25.0 Å². The minimum atomic E-state index is -0.291. The number of urea groups is 1. The number of nitrogens with zero attached hydrogens (tertiary/aromatic N) is 1. The number of carbonyl (C=O) groups excluding carboxylic acids is 2. The van der Waals surface area contributed by atoms with Crippen LogP contribution in [0.5, 0.6) is 0 Å². The molecule has 1 saturated heterocycles. The molecule has 0 aliphatic carbocycles. The van der Waals surface area contributed by atoms with Crippen molar-refractivity contribution in [3.8, 4) is 0 Å². The fourth-order valence-electron chi connectivity index (χ4n) is 3.69. The molecule has 1 aliphatic heterocycles. The maximum atomic E-state index is 12.9. The summed E-state index contributed by atoms with van der Waals surface area (Å²) in [5.41, 5.74) is 3.00. The van der Waals surface area contributed by atoms with Gasteiger partial charge in [0.1, 0.15) is 0 Å². The Kier molecular flexibility index (Phi) is 6.57. The van der Waals surface area contributed by atoms with Crippen molar-refractivity contribution in [1.29, 1.82) is 0 Å². The predicted octanol–water partition coefficient (Wildman–Crippen LogP) is 4.42. The maximum Gasteiger partial charge on any atom is 0.317 e. The van der Waals surface area contributed by atoms with Gasteiger partial charge in [0.15, 0.2) is 0 Å². The number of aryl methyl sites for hydroxylation is 1. The van der Waals surface area contributed by atoms with Gasteiger partial charge in [0.25, 0.3) is 0 Å². The van der Waals surface area contributed by atoms with Crippen LogP contribution in [-0.2, 0) is 4.79 Å². The predicted molar refractivity (Wildman–Crippen MR) is 113 cm³/mol. The molecule has 2 atom stereocenters. The lowest BCUT2D eigenvalue weighted by molar-refractivity contribution is -0.121. The third kappa shape index (κ3) is 5.04. The van der Waals surface area contributed by atoms with Crippen molar-refractivity contribution < 1.29 is 9.59 Å². The quantitative estimate of drug-likeness (QED) is 0.799. The van der Waals surface area contributed by atoms with Gasteiger partial charge in [0, 0.05) is 36.3 Å². The number of rotatable bonds is 4. The van der Waals surface area contributed by atoms with Crippen LogP contribution in [0.2, 0.25) is 5.02 Å². The standard InChI is InChI=1S/C22H26ClN3O2/c1-3-24-22(28)26-13-17(16-7-4-6-15(2)10-16)11-18(14-26)21(27)25-20-9-5-8-19(23)12-20/h4-10,12,17-18H,3,11,13-14H2,1-2H3,(H,24,28)(H,25,27). The molecule has 0 saturated carbocycles. The van der Waals surface area contributed by atoms with Crippen molar-refractivity contribution >= 4 is 29.2 Å². The lowest BCUT2D eigenvalue weighted by atomic mass is 9.83. The molecular weight excluding hydrogens is 374 g/mol. The van der Waals surface area contributed by atoms with Crippen LogP contribution in [0, 0.1) is 12.8 Å². The Morgan fingerprint density at radius 1 is 1.14 bits per heavy atom. The Balaban J connectivity index is 1.80. The van der Waals surface area contributed by atoms with Gasteiger partial charge in [-0.25, -0.2) is 4.79 Å². The molecule has 1 aliphatic rings. The molecule has 6 heteroatoms. The van der Waals surface area contributed by atoms with E-state index in [0.29, 0.717) is 36.8 Å². The topological polar surface area (TPSA) is 61.4 Å². The summed E-state index contributed by atoms with van der Waals surface area (Å²) in [6.45, 7) is 5.51. The van der Waals surface area contributed by atoms with E-state index in [9.17, 15) is 9.59 Å². The van der Waals surface area contributed by atoms with E-state index in [1.54, 1.807) is 23.1 Å². The van der Waals surface area contributed by atoms with Crippen LogP contribution >= 0.6 is 11.6 Å². The van der Waals surface area contributed by atoms with Crippen molar-refractivity contribution in [1.82, 2.24) is 10.2 Å². The molecule has 2 aromatic rings. The first kappa shape index (κ1) is 20.2. The highest BCUT2D eigenvalue weighted by Crippen LogP contribution is 2.31. The minimum Gasteiger partial charge on any atom is -0.338 e. The summed E-state index contributed by atoms with van der Waals surface area (Å²) in [5.74, 6) is -0.263. The van der Waals surface area contributed by atoms with E-state index in [2.05, 4.69) is 35.8 Å². The van der Waals surface area contributed by atoms with E-state index in [-0.39, 0.29) is 23.8 Å². The number of carbonyl (C=O) groups is 2. The number of benzene rings is 2. The van der Waals surface area contributed by atoms with Crippen molar-refractivity contribution in [3.05, 3.63) is 64.7 Å². The zero-order valence-electron chi connectivity index (χ0n) is 16.2. The second-order valence-electron chi connectivity index (χ2n) is 7.28. The summed E-state index contributed by atoms with van der Waals surface area (Å²) in [7, 11) is 0. The monoisotopic (exact) mass is 399 g/mol. The van der Waals surface area contributed by atoms with Gasteiger partial charge in [0.2, 0.25) is 5.91 Å². The summed E-state index contributed by atoms with van der Waals surface area (Å²) < 4.78 is 0. The molecule has 0 radical (unpaired) electrons. The van der Waals surface area contributed by atoms with Gasteiger partial charge >= 0.3 is 6.03 Å². The number of likely N-dealkylation sites (tertiary alicyclic amines) is 1. The summed E-state index contributed by atoms with van der Waals surface area (Å²) >= 11 is 6.02. The van der Waals surface area contributed by atoms with E-state index < -0.39 is 0 Å². The Morgan fingerprint density at radius 2 is 1.93 bits per heavy atom. The molecule has 0 spiro atoms. The van der Waals surface area contributed by atoms with Gasteiger partial charge < -0.3 is 15.5 Å². The summed E-state index contributed by atoms with van der Waals surface area (Å²) in [6.07, 6.45) is 0.700. The average Bonchev–Trinajstić information content (AvgIpc) is 2.68. The Morgan fingerprint density at radius 3 is 2.64 bits per heavy atom. The molecule has 2 unspecified atom stereocenters. The Bertz CT molecular complexity index is 855. The molecule has 0 aromatic heterocycles. The maximum absolute atomic E-state index is 12.9. The minimum absolute atomic E-state index is 0.0890. The summed E-state index contributed by atoms with van der Waals surface area (Å²) in [6, 6.07) is 15.3. The van der Waals surface area contributed by atoms with E-state index in [0.717, 1.165) is 5.56 Å². The lowest BCUT2D eigenvalue weighted by Crippen LogP contribution is -2.50. The number of nitrogens with one attached hydrogen (secondary N) is 2. The summed E-state index contributed by atoms with van der Waals surface area (Å²) in [5, 5.41) is 6.37. The molecule has 5 nitrogen and oxygen atoms in total. The van der Waals surface area contributed by atoms with Crippen molar-refractivity contribution in [2.24, 2.45) is 5.92 Å². The van der Waals surface area contributed by atoms with Gasteiger partial charge in [-0.3, -0.25) is 4.79 Å². The summed E-state index contributed by atoms with van der Waals surface area (Å²) in [4.78, 5) is 27.2. The molecule has 28 heavy (non-hydrogen) atoms. The highest BCUT2D eigenvalue weighted by atomic mass is 35.5. The van der Waals surface area contributed by atoms with Crippen LogP contribution < -0.4 is 10.6 Å². The van der Waals surface area contributed by atoms with Gasteiger partial charge in [-0.2, -0.15) is 0 Å². The van der Waals surface area contributed by atoms with E-state index in [4.69, 9.17) is 11.6 Å². The molecule has 148 valence electrons. The van der Waals surface area contributed by atoms with E-state index in [1.165, 1.54) is 5.56 Å². The second-order valence-corrected chi connectivity index (χ2v) is 7.72. The third-order valence-corrected chi connectivity index (χ3v) is 5.28. The number of hydrogen-bond acceptors (Lipinski definition) is 2. The highest BCUT2D eigenvalue weighted by Gasteiger charge is 2.34. The largest absolute Gasteiger partial charge is 0.338 e. The van der Waals surface area contributed by atoms with E-state index in [1.807, 2.05) is 19.1 Å². The first-order chi connectivity index (χ1) is 13.5. The molecule has 1 heterocycles. The smallest absolute Gasteiger partial charge is 0.317 e. The van der Waals surface area contributed by atoms with Crippen molar-refractivity contribution in [3.63, 3.8) is 0 Å². The zero-order chi connectivity index (χ0) is 20.1. The van der Waals surface area contributed by atoms with E-state index >= 15 is 0 Å². The number of halogens is 1. The van der Waals surface area contributed by atoms with Crippen LogP contribution in [0.25, 0.3) is 0 Å². The molecule has 2 N–H and O–H groups in total. The van der Waals surface area contributed by atoms with Gasteiger partial charge in [0.05, 0.1) is 5.92 Å². The van der Waals surface area contributed by atoms with Crippen LogP contribution in [0.15, 0.2) is 48.5 Å². The average molecular weight is 400 g/mol. The third-order valence-electron chi connectivity index (χ3n) is 5.04.